The van der Waals surface area contributed by atoms with Gasteiger partial charge in [0, 0.05) is 23.7 Å². The van der Waals surface area contributed by atoms with Crippen molar-refractivity contribution in [2.45, 2.75) is 25.3 Å². The fourth-order valence-corrected chi connectivity index (χ4v) is 1.93. The summed E-state index contributed by atoms with van der Waals surface area (Å²) >= 11 is 3.53. The van der Waals surface area contributed by atoms with E-state index in [0.29, 0.717) is 6.61 Å². The largest absolute Gasteiger partial charge is 0.385 e. The molecule has 0 aliphatic heterocycles. The molecular weight excluding hydrogens is 254 g/mol. The van der Waals surface area contributed by atoms with Gasteiger partial charge in [0.15, 0.2) is 0 Å². The second-order valence-electron chi connectivity index (χ2n) is 4.17. The zero-order valence-electron chi connectivity index (χ0n) is 9.29. The fraction of sp³-hybridized carbons (Fsp3) is 0.500. The number of ether oxygens (including phenoxy) is 1. The SMILES string of the molecule is COCCC(C)(N)Cc1ccccc1Br. The average molecular weight is 272 g/mol. The first-order chi connectivity index (χ1) is 7.05. The lowest BCUT2D eigenvalue weighted by molar-refractivity contribution is 0.171. The number of hydrogen-bond donors (Lipinski definition) is 1. The van der Waals surface area contributed by atoms with Crippen LogP contribution in [-0.4, -0.2) is 19.3 Å². The smallest absolute Gasteiger partial charge is 0.0479 e. The molecule has 0 spiro atoms. The summed E-state index contributed by atoms with van der Waals surface area (Å²) in [7, 11) is 1.70. The fourth-order valence-electron chi connectivity index (χ4n) is 1.50. The highest BCUT2D eigenvalue weighted by Gasteiger charge is 2.19. The molecule has 1 aromatic carbocycles. The standard InChI is InChI=1S/C12H18BrNO/c1-12(14,7-8-15-2)9-10-5-3-4-6-11(10)13/h3-6H,7-9,14H2,1-2H3. The molecule has 0 radical (unpaired) electrons. The number of benzene rings is 1. The number of hydrogen-bond acceptors (Lipinski definition) is 2. The van der Waals surface area contributed by atoms with Crippen molar-refractivity contribution >= 4 is 15.9 Å². The zero-order chi connectivity index (χ0) is 11.3. The first-order valence-electron chi connectivity index (χ1n) is 5.06. The Kier molecular flexibility index (Phi) is 4.77. The van der Waals surface area contributed by atoms with E-state index in [1.54, 1.807) is 7.11 Å². The predicted molar refractivity (Wildman–Crippen MR) is 66.9 cm³/mol. The van der Waals surface area contributed by atoms with E-state index in [2.05, 4.69) is 28.9 Å². The van der Waals surface area contributed by atoms with E-state index in [4.69, 9.17) is 10.5 Å². The van der Waals surface area contributed by atoms with Gasteiger partial charge in [0.25, 0.3) is 0 Å². The maximum Gasteiger partial charge on any atom is 0.0479 e. The molecule has 1 unspecified atom stereocenters. The van der Waals surface area contributed by atoms with Gasteiger partial charge < -0.3 is 10.5 Å². The van der Waals surface area contributed by atoms with Gasteiger partial charge in [0.2, 0.25) is 0 Å². The minimum atomic E-state index is -0.208. The minimum absolute atomic E-state index is 0.208. The molecule has 84 valence electrons. The van der Waals surface area contributed by atoms with E-state index in [9.17, 15) is 0 Å². The normalized spacial score (nSPS) is 14.9. The quantitative estimate of drug-likeness (QED) is 0.894. The van der Waals surface area contributed by atoms with E-state index in [0.717, 1.165) is 17.3 Å². The third-order valence-corrected chi connectivity index (χ3v) is 3.20. The van der Waals surface area contributed by atoms with Crippen LogP contribution >= 0.6 is 15.9 Å². The highest BCUT2D eigenvalue weighted by molar-refractivity contribution is 9.10. The molecule has 0 aliphatic rings. The summed E-state index contributed by atoms with van der Waals surface area (Å²) in [6.45, 7) is 2.77. The Balaban J connectivity index is 2.64. The Morgan fingerprint density at radius 2 is 2.07 bits per heavy atom. The van der Waals surface area contributed by atoms with Crippen molar-refractivity contribution in [1.82, 2.24) is 0 Å². The van der Waals surface area contributed by atoms with Crippen LogP contribution in [0.25, 0.3) is 0 Å². The van der Waals surface area contributed by atoms with E-state index in [1.807, 2.05) is 18.2 Å². The Hall–Kier alpha value is -0.380. The summed E-state index contributed by atoms with van der Waals surface area (Å²) in [6, 6.07) is 8.19. The number of methoxy groups -OCH3 is 1. The second-order valence-corrected chi connectivity index (χ2v) is 5.02. The van der Waals surface area contributed by atoms with Crippen molar-refractivity contribution in [2.75, 3.05) is 13.7 Å². The molecule has 0 heterocycles. The molecule has 0 bridgehead atoms. The summed E-state index contributed by atoms with van der Waals surface area (Å²) in [5, 5.41) is 0. The lowest BCUT2D eigenvalue weighted by Crippen LogP contribution is -2.39. The van der Waals surface area contributed by atoms with Crippen LogP contribution in [0.2, 0.25) is 0 Å². The van der Waals surface area contributed by atoms with Crippen LogP contribution in [0.4, 0.5) is 0 Å². The van der Waals surface area contributed by atoms with Crippen LogP contribution in [0.3, 0.4) is 0 Å². The summed E-state index contributed by atoms with van der Waals surface area (Å²) in [5.74, 6) is 0. The van der Waals surface area contributed by atoms with Gasteiger partial charge >= 0.3 is 0 Å². The van der Waals surface area contributed by atoms with Crippen LogP contribution in [0.1, 0.15) is 18.9 Å². The van der Waals surface area contributed by atoms with Crippen molar-refractivity contribution in [2.24, 2.45) is 5.73 Å². The van der Waals surface area contributed by atoms with E-state index >= 15 is 0 Å². The molecule has 2 nitrogen and oxygen atoms in total. The van der Waals surface area contributed by atoms with Gasteiger partial charge in [0.1, 0.15) is 0 Å². The van der Waals surface area contributed by atoms with Crippen LogP contribution in [0, 0.1) is 0 Å². The number of rotatable bonds is 5. The molecule has 0 amide bonds. The van der Waals surface area contributed by atoms with E-state index in [1.165, 1.54) is 5.56 Å². The third-order valence-electron chi connectivity index (χ3n) is 2.43. The van der Waals surface area contributed by atoms with E-state index < -0.39 is 0 Å². The molecule has 1 aromatic rings. The molecule has 0 fully saturated rings. The van der Waals surface area contributed by atoms with Crippen LogP contribution in [-0.2, 0) is 11.2 Å². The molecular formula is C12H18BrNO. The Bertz CT molecular complexity index is 312. The highest BCUT2D eigenvalue weighted by Crippen LogP contribution is 2.21. The maximum atomic E-state index is 6.20. The van der Waals surface area contributed by atoms with E-state index in [-0.39, 0.29) is 5.54 Å². The predicted octanol–water partition coefficient (Wildman–Crippen LogP) is 2.75. The molecule has 1 atom stereocenters. The first kappa shape index (κ1) is 12.7. The van der Waals surface area contributed by atoms with Crippen molar-refractivity contribution in [3.05, 3.63) is 34.3 Å². The van der Waals surface area contributed by atoms with Crippen molar-refractivity contribution in [1.29, 1.82) is 0 Å². The van der Waals surface area contributed by atoms with Crippen LogP contribution in [0.5, 0.6) is 0 Å². The summed E-state index contributed by atoms with van der Waals surface area (Å²) < 4.78 is 6.18. The molecule has 15 heavy (non-hydrogen) atoms. The monoisotopic (exact) mass is 271 g/mol. The highest BCUT2D eigenvalue weighted by atomic mass is 79.9. The van der Waals surface area contributed by atoms with Gasteiger partial charge in [-0.3, -0.25) is 0 Å². The first-order valence-corrected chi connectivity index (χ1v) is 5.86. The van der Waals surface area contributed by atoms with Crippen molar-refractivity contribution in [3.63, 3.8) is 0 Å². The van der Waals surface area contributed by atoms with Gasteiger partial charge in [-0.15, -0.1) is 0 Å². The molecule has 0 aromatic heterocycles. The molecule has 2 N–H and O–H groups in total. The molecule has 1 rings (SSSR count). The molecule has 0 saturated heterocycles. The van der Waals surface area contributed by atoms with Crippen LogP contribution < -0.4 is 5.73 Å². The van der Waals surface area contributed by atoms with Crippen molar-refractivity contribution in [3.8, 4) is 0 Å². The van der Waals surface area contributed by atoms with Gasteiger partial charge in [-0.1, -0.05) is 34.1 Å². The number of halogens is 1. The third kappa shape index (κ3) is 4.33. The minimum Gasteiger partial charge on any atom is -0.385 e. The summed E-state index contributed by atoms with van der Waals surface area (Å²) in [6.07, 6.45) is 1.72. The summed E-state index contributed by atoms with van der Waals surface area (Å²) in [4.78, 5) is 0. The zero-order valence-corrected chi connectivity index (χ0v) is 10.9. The average Bonchev–Trinajstić information content (AvgIpc) is 2.18. The molecule has 3 heteroatoms. The lowest BCUT2D eigenvalue weighted by Gasteiger charge is -2.24. The Morgan fingerprint density at radius 1 is 1.40 bits per heavy atom. The maximum absolute atomic E-state index is 6.20. The van der Waals surface area contributed by atoms with Gasteiger partial charge in [-0.25, -0.2) is 0 Å². The van der Waals surface area contributed by atoms with Crippen molar-refractivity contribution < 1.29 is 4.74 Å². The second kappa shape index (κ2) is 5.64. The molecule has 0 aliphatic carbocycles. The topological polar surface area (TPSA) is 35.2 Å². The van der Waals surface area contributed by atoms with Gasteiger partial charge in [-0.05, 0) is 31.4 Å². The summed E-state index contributed by atoms with van der Waals surface area (Å²) in [5.41, 5.74) is 7.24. The Labute approximate surface area is 99.9 Å². The van der Waals surface area contributed by atoms with Crippen LogP contribution in [0.15, 0.2) is 28.7 Å². The van der Waals surface area contributed by atoms with Gasteiger partial charge in [0.05, 0.1) is 0 Å². The van der Waals surface area contributed by atoms with Gasteiger partial charge in [-0.2, -0.15) is 0 Å². The molecule has 0 saturated carbocycles. The number of nitrogens with two attached hydrogens (primary N) is 1. The Morgan fingerprint density at radius 3 is 2.67 bits per heavy atom. The lowest BCUT2D eigenvalue weighted by atomic mass is 9.91.